The number of methoxy groups -OCH3 is 2. The topological polar surface area (TPSA) is 77.4 Å². The Labute approximate surface area is 186 Å². The van der Waals surface area contributed by atoms with Gasteiger partial charge in [-0.25, -0.2) is 4.68 Å². The molecule has 0 aliphatic carbocycles. The lowest BCUT2D eigenvalue weighted by Crippen LogP contribution is -2.35. The van der Waals surface area contributed by atoms with Gasteiger partial charge in [-0.1, -0.05) is 12.1 Å². The number of hydrogen-bond donors (Lipinski definition) is 2. The third-order valence-electron chi connectivity index (χ3n) is 5.24. The summed E-state index contributed by atoms with van der Waals surface area (Å²) < 4.78 is 53.0. The number of ether oxygens (including phenoxy) is 2. The maximum Gasteiger partial charge on any atom is 0.410 e. The highest BCUT2D eigenvalue weighted by Gasteiger charge is 2.47. The maximum absolute atomic E-state index is 13.9. The van der Waals surface area contributed by atoms with Gasteiger partial charge in [0.25, 0.3) is 5.91 Å². The van der Waals surface area contributed by atoms with Crippen molar-refractivity contribution in [3.05, 3.63) is 57.9 Å². The lowest BCUT2D eigenvalue weighted by molar-refractivity contribution is -0.173. The predicted octanol–water partition coefficient (Wildman–Crippen LogP) is 4.55. The van der Waals surface area contributed by atoms with Crippen LogP contribution in [0.2, 0.25) is 0 Å². The lowest BCUT2D eigenvalue weighted by Gasteiger charge is -2.33. The number of alkyl halides is 3. The normalized spacial score (nSPS) is 17.9. The molecule has 0 fully saturated rings. The second-order valence-corrected chi connectivity index (χ2v) is 8.26. The Balaban J connectivity index is 1.61. The maximum atomic E-state index is 13.9. The van der Waals surface area contributed by atoms with Crippen molar-refractivity contribution in [1.82, 2.24) is 15.1 Å². The standard InChI is InChI=1S/C21H21F3N4O3S/c1-30-16-6-5-12(8-17(16)31-2)14-9-18(21(22,23)24)28-19(26-14)10-15(27-28)20(29)25-11-13-4-3-7-32-13/h3-8,10,14,18,26H,9,11H2,1-2H3,(H,25,29). The smallest absolute Gasteiger partial charge is 0.410 e. The quantitative estimate of drug-likeness (QED) is 0.557. The summed E-state index contributed by atoms with van der Waals surface area (Å²) in [5.74, 6) is 0.488. The minimum atomic E-state index is -4.54. The van der Waals surface area contributed by atoms with E-state index in [-0.39, 0.29) is 24.5 Å². The van der Waals surface area contributed by atoms with Crippen LogP contribution in [0.4, 0.5) is 19.0 Å². The highest BCUT2D eigenvalue weighted by atomic mass is 32.1. The van der Waals surface area contributed by atoms with E-state index in [0.29, 0.717) is 17.1 Å². The fourth-order valence-corrected chi connectivity index (χ4v) is 4.29. The zero-order valence-corrected chi connectivity index (χ0v) is 18.1. The third-order valence-corrected chi connectivity index (χ3v) is 6.11. The van der Waals surface area contributed by atoms with Crippen molar-refractivity contribution < 1.29 is 27.4 Å². The number of halogens is 3. The van der Waals surface area contributed by atoms with Crippen LogP contribution in [0.1, 0.15) is 39.4 Å². The van der Waals surface area contributed by atoms with Crippen LogP contribution in [0.15, 0.2) is 41.8 Å². The van der Waals surface area contributed by atoms with Gasteiger partial charge < -0.3 is 20.1 Å². The molecule has 2 aromatic heterocycles. The van der Waals surface area contributed by atoms with E-state index in [9.17, 15) is 18.0 Å². The average molecular weight is 466 g/mol. The molecule has 32 heavy (non-hydrogen) atoms. The fourth-order valence-electron chi connectivity index (χ4n) is 3.64. The van der Waals surface area contributed by atoms with Gasteiger partial charge in [0.2, 0.25) is 0 Å². The van der Waals surface area contributed by atoms with Crippen LogP contribution in [0.3, 0.4) is 0 Å². The molecule has 0 bridgehead atoms. The van der Waals surface area contributed by atoms with Crippen LogP contribution in [0.25, 0.3) is 0 Å². The summed E-state index contributed by atoms with van der Waals surface area (Å²) in [6, 6.07) is 7.50. The zero-order chi connectivity index (χ0) is 22.9. The second-order valence-electron chi connectivity index (χ2n) is 7.23. The fraction of sp³-hybridized carbons (Fsp3) is 0.333. The summed E-state index contributed by atoms with van der Waals surface area (Å²) in [5, 5.41) is 11.6. The number of fused-ring (bicyclic) bond motifs is 1. The van der Waals surface area contributed by atoms with Gasteiger partial charge >= 0.3 is 6.18 Å². The van der Waals surface area contributed by atoms with Crippen molar-refractivity contribution in [1.29, 1.82) is 0 Å². The number of carbonyl (C=O) groups is 1. The Bertz CT molecular complexity index is 1100. The number of anilines is 1. The first-order valence-electron chi connectivity index (χ1n) is 9.75. The number of thiophene rings is 1. The van der Waals surface area contributed by atoms with Crippen LogP contribution >= 0.6 is 11.3 Å². The first-order valence-corrected chi connectivity index (χ1v) is 10.6. The first kappa shape index (κ1) is 22.0. The van der Waals surface area contributed by atoms with Gasteiger partial charge in [0.05, 0.1) is 26.8 Å². The van der Waals surface area contributed by atoms with E-state index in [2.05, 4.69) is 15.7 Å². The number of nitrogens with one attached hydrogen (secondary N) is 2. The SMILES string of the molecule is COc1ccc(C2CC(C(F)(F)F)n3nc(C(=O)NCc4cccs4)cc3N2)cc1OC. The van der Waals surface area contributed by atoms with Crippen molar-refractivity contribution in [3.8, 4) is 11.5 Å². The van der Waals surface area contributed by atoms with Crippen LogP contribution in [0, 0.1) is 0 Å². The van der Waals surface area contributed by atoms with Crippen molar-refractivity contribution in [3.63, 3.8) is 0 Å². The Morgan fingerprint density at radius 1 is 1.25 bits per heavy atom. The number of aromatic nitrogens is 2. The number of nitrogens with zero attached hydrogens (tertiary/aromatic N) is 2. The van der Waals surface area contributed by atoms with Gasteiger partial charge in [0.1, 0.15) is 5.82 Å². The van der Waals surface area contributed by atoms with Crippen LogP contribution in [-0.4, -0.2) is 36.1 Å². The van der Waals surface area contributed by atoms with Gasteiger partial charge in [-0.15, -0.1) is 11.3 Å². The third kappa shape index (κ3) is 4.38. The molecule has 1 aliphatic rings. The van der Waals surface area contributed by atoms with E-state index in [0.717, 1.165) is 9.56 Å². The van der Waals surface area contributed by atoms with Gasteiger partial charge in [-0.3, -0.25) is 4.79 Å². The second kappa shape index (κ2) is 8.73. The molecule has 11 heteroatoms. The van der Waals surface area contributed by atoms with E-state index in [1.54, 1.807) is 18.2 Å². The van der Waals surface area contributed by atoms with Crippen LogP contribution < -0.4 is 20.1 Å². The number of carbonyl (C=O) groups excluding carboxylic acids is 1. The Morgan fingerprint density at radius 2 is 2.03 bits per heavy atom. The summed E-state index contributed by atoms with van der Waals surface area (Å²) in [7, 11) is 2.95. The molecule has 3 heterocycles. The lowest BCUT2D eigenvalue weighted by atomic mass is 9.96. The summed E-state index contributed by atoms with van der Waals surface area (Å²) in [4.78, 5) is 13.4. The van der Waals surface area contributed by atoms with Crippen molar-refractivity contribution in [2.24, 2.45) is 0 Å². The zero-order valence-electron chi connectivity index (χ0n) is 17.3. The number of amides is 1. The highest BCUT2D eigenvalue weighted by Crippen LogP contribution is 2.44. The molecular formula is C21H21F3N4O3S. The molecule has 1 aliphatic heterocycles. The molecule has 0 spiro atoms. The molecule has 4 rings (SSSR count). The Hall–Kier alpha value is -3.21. The van der Waals surface area contributed by atoms with Crippen LogP contribution in [-0.2, 0) is 6.54 Å². The monoisotopic (exact) mass is 466 g/mol. The molecule has 0 radical (unpaired) electrons. The molecule has 170 valence electrons. The number of rotatable bonds is 6. The van der Waals surface area contributed by atoms with Crippen LogP contribution in [0.5, 0.6) is 11.5 Å². The molecule has 2 atom stereocenters. The van der Waals surface area contributed by atoms with Gasteiger partial charge in [0.15, 0.2) is 23.2 Å². The largest absolute Gasteiger partial charge is 0.493 e. The van der Waals surface area contributed by atoms with E-state index in [1.165, 1.54) is 31.6 Å². The Kier molecular flexibility index (Phi) is 6.00. The number of hydrogen-bond acceptors (Lipinski definition) is 6. The van der Waals surface area contributed by atoms with Gasteiger partial charge in [-0.2, -0.15) is 18.3 Å². The molecule has 1 aromatic carbocycles. The number of benzene rings is 1. The molecule has 2 unspecified atom stereocenters. The summed E-state index contributed by atoms with van der Waals surface area (Å²) in [6.07, 6.45) is -4.83. The van der Waals surface area contributed by atoms with Gasteiger partial charge in [0, 0.05) is 17.4 Å². The summed E-state index contributed by atoms with van der Waals surface area (Å²) >= 11 is 1.47. The molecule has 2 N–H and O–H groups in total. The van der Waals surface area contributed by atoms with E-state index < -0.39 is 24.2 Å². The highest BCUT2D eigenvalue weighted by molar-refractivity contribution is 7.09. The first-order chi connectivity index (χ1) is 15.3. The summed E-state index contributed by atoms with van der Waals surface area (Å²) in [5.41, 5.74) is 0.527. The van der Waals surface area contributed by atoms with Crippen molar-refractivity contribution >= 4 is 23.1 Å². The molecule has 3 aromatic rings. The molecular weight excluding hydrogens is 445 g/mol. The molecule has 1 amide bonds. The van der Waals surface area contributed by atoms with Gasteiger partial charge in [-0.05, 0) is 29.1 Å². The average Bonchev–Trinajstić information content (AvgIpc) is 3.45. The van der Waals surface area contributed by atoms with E-state index >= 15 is 0 Å². The van der Waals surface area contributed by atoms with Crippen molar-refractivity contribution in [2.45, 2.75) is 31.2 Å². The predicted molar refractivity (Wildman–Crippen MR) is 113 cm³/mol. The van der Waals surface area contributed by atoms with E-state index in [4.69, 9.17) is 9.47 Å². The molecule has 0 saturated carbocycles. The minimum Gasteiger partial charge on any atom is -0.493 e. The molecule has 0 saturated heterocycles. The Morgan fingerprint density at radius 3 is 2.69 bits per heavy atom. The van der Waals surface area contributed by atoms with E-state index in [1.807, 2.05) is 17.5 Å². The summed E-state index contributed by atoms with van der Waals surface area (Å²) in [6.45, 7) is 0.281. The van der Waals surface area contributed by atoms with Crippen molar-refractivity contribution in [2.75, 3.05) is 19.5 Å². The molecule has 7 nitrogen and oxygen atoms in total. The minimum absolute atomic E-state index is 0.0775.